The van der Waals surface area contributed by atoms with Gasteiger partial charge in [0.15, 0.2) is 0 Å². The van der Waals surface area contributed by atoms with E-state index in [2.05, 4.69) is 27.0 Å². The van der Waals surface area contributed by atoms with Gasteiger partial charge in [-0.3, -0.25) is 14.4 Å². The van der Waals surface area contributed by atoms with Crippen LogP contribution in [0, 0.1) is 17.8 Å². The Morgan fingerprint density at radius 3 is 2.69 bits per heavy atom. The molecular weight excluding hydrogens is 464 g/mol. The molecule has 3 saturated heterocycles. The zero-order chi connectivity index (χ0) is 25.8. The molecule has 3 fully saturated rings. The number of aliphatic hydroxyl groups is 1. The van der Waals surface area contributed by atoms with E-state index in [0.29, 0.717) is 26.1 Å². The molecule has 1 N–H and O–H groups in total. The van der Waals surface area contributed by atoms with Gasteiger partial charge in [-0.05, 0) is 38.5 Å². The SMILES string of the molecule is C=CCCCOC(=O)[C@@H]1[C@@H]2CC(C)C3(S2)C(C(=O)N(CC=C)CCCCC)N([C@H](C)CO)C(=O)[C@H]13. The zero-order valence-electron chi connectivity index (χ0n) is 21.5. The van der Waals surface area contributed by atoms with Crippen LogP contribution < -0.4 is 0 Å². The number of unbranched alkanes of at least 4 members (excludes halogenated alkanes) is 3. The molecule has 3 heterocycles. The lowest BCUT2D eigenvalue weighted by molar-refractivity contribution is -0.155. The summed E-state index contributed by atoms with van der Waals surface area (Å²) >= 11 is 1.64. The molecular formula is C27H42N2O5S. The van der Waals surface area contributed by atoms with Crippen LogP contribution in [0.25, 0.3) is 0 Å². The minimum atomic E-state index is -0.715. The molecule has 3 unspecified atom stereocenters. The topological polar surface area (TPSA) is 87.2 Å². The summed E-state index contributed by atoms with van der Waals surface area (Å²) in [6.07, 6.45) is 8.68. The van der Waals surface area contributed by atoms with Crippen molar-refractivity contribution < 1.29 is 24.2 Å². The monoisotopic (exact) mass is 506 g/mol. The number of hydrogen-bond acceptors (Lipinski definition) is 6. The van der Waals surface area contributed by atoms with Crippen molar-refractivity contribution in [1.82, 2.24) is 9.80 Å². The van der Waals surface area contributed by atoms with Crippen LogP contribution in [0.5, 0.6) is 0 Å². The minimum absolute atomic E-state index is 0.0410. The number of carbonyl (C=O) groups is 3. The van der Waals surface area contributed by atoms with Crippen LogP contribution in [0.2, 0.25) is 0 Å². The summed E-state index contributed by atoms with van der Waals surface area (Å²) in [6.45, 7) is 14.6. The van der Waals surface area contributed by atoms with Crippen LogP contribution in [0.3, 0.4) is 0 Å². The first-order chi connectivity index (χ1) is 16.8. The van der Waals surface area contributed by atoms with Gasteiger partial charge >= 0.3 is 5.97 Å². The molecule has 2 bridgehead atoms. The number of thioether (sulfide) groups is 1. The van der Waals surface area contributed by atoms with Crippen LogP contribution >= 0.6 is 11.8 Å². The summed E-state index contributed by atoms with van der Waals surface area (Å²) in [4.78, 5) is 44.7. The van der Waals surface area contributed by atoms with E-state index in [0.717, 1.165) is 32.1 Å². The highest BCUT2D eigenvalue weighted by atomic mass is 32.2. The molecule has 2 amide bonds. The number of esters is 1. The summed E-state index contributed by atoms with van der Waals surface area (Å²) in [5.74, 6) is -1.73. The third-order valence-electron chi connectivity index (χ3n) is 7.92. The van der Waals surface area contributed by atoms with Gasteiger partial charge in [-0.2, -0.15) is 0 Å². The first kappa shape index (κ1) is 27.8. The van der Waals surface area contributed by atoms with E-state index >= 15 is 0 Å². The molecule has 0 aliphatic carbocycles. The van der Waals surface area contributed by atoms with Crippen molar-refractivity contribution in [3.05, 3.63) is 25.3 Å². The van der Waals surface area contributed by atoms with Gasteiger partial charge in [0.1, 0.15) is 6.04 Å². The van der Waals surface area contributed by atoms with E-state index in [-0.39, 0.29) is 35.6 Å². The van der Waals surface area contributed by atoms with Crippen LogP contribution in [0.15, 0.2) is 25.3 Å². The van der Waals surface area contributed by atoms with Crippen molar-refractivity contribution >= 4 is 29.5 Å². The van der Waals surface area contributed by atoms with Gasteiger partial charge in [-0.1, -0.05) is 38.8 Å². The van der Waals surface area contributed by atoms with Crippen molar-refractivity contribution in [3.63, 3.8) is 0 Å². The van der Waals surface area contributed by atoms with Gasteiger partial charge in [-0.25, -0.2) is 0 Å². The number of carbonyl (C=O) groups excluding carboxylic acids is 3. The number of likely N-dealkylation sites (tertiary alicyclic amines) is 1. The van der Waals surface area contributed by atoms with E-state index in [1.54, 1.807) is 40.6 Å². The summed E-state index contributed by atoms with van der Waals surface area (Å²) < 4.78 is 4.91. The maximum Gasteiger partial charge on any atom is 0.310 e. The van der Waals surface area contributed by atoms with Crippen LogP contribution in [0.1, 0.15) is 59.3 Å². The first-order valence-corrected chi connectivity index (χ1v) is 14.0. The molecule has 196 valence electrons. The molecule has 0 aromatic carbocycles. The van der Waals surface area contributed by atoms with E-state index in [1.807, 2.05) is 0 Å². The first-order valence-electron chi connectivity index (χ1n) is 13.1. The Morgan fingerprint density at radius 2 is 2.06 bits per heavy atom. The number of aliphatic hydroxyl groups excluding tert-OH is 1. The van der Waals surface area contributed by atoms with Crippen molar-refractivity contribution in [2.75, 3.05) is 26.3 Å². The number of nitrogens with zero attached hydrogens (tertiary/aromatic N) is 2. The number of rotatable bonds is 14. The number of ether oxygens (including phenoxy) is 1. The third-order valence-corrected chi connectivity index (χ3v) is 9.99. The normalized spacial score (nSPS) is 31.8. The van der Waals surface area contributed by atoms with Crippen molar-refractivity contribution in [2.24, 2.45) is 17.8 Å². The zero-order valence-corrected chi connectivity index (χ0v) is 22.3. The van der Waals surface area contributed by atoms with Crippen molar-refractivity contribution in [2.45, 2.75) is 81.4 Å². The Hall–Kier alpha value is -1.80. The average Bonchev–Trinajstić information content (AvgIpc) is 3.44. The Bertz CT molecular complexity index is 819. The number of amides is 2. The fourth-order valence-corrected chi connectivity index (χ4v) is 8.63. The number of allylic oxidation sites excluding steroid dienone is 1. The second-order valence-electron chi connectivity index (χ2n) is 10.2. The highest BCUT2D eigenvalue weighted by Gasteiger charge is 2.76. The quantitative estimate of drug-likeness (QED) is 0.221. The van der Waals surface area contributed by atoms with Gasteiger partial charge < -0.3 is 19.6 Å². The maximum absolute atomic E-state index is 14.2. The molecule has 35 heavy (non-hydrogen) atoms. The molecule has 0 aromatic rings. The largest absolute Gasteiger partial charge is 0.465 e. The summed E-state index contributed by atoms with van der Waals surface area (Å²) in [5.41, 5.74) is 0. The van der Waals surface area contributed by atoms with Crippen molar-refractivity contribution in [3.8, 4) is 0 Å². The number of hydrogen-bond donors (Lipinski definition) is 1. The van der Waals surface area contributed by atoms with Gasteiger partial charge in [0.05, 0.1) is 35.8 Å². The fraction of sp³-hybridized carbons (Fsp3) is 0.741. The van der Waals surface area contributed by atoms with Crippen molar-refractivity contribution in [1.29, 1.82) is 0 Å². The highest BCUT2D eigenvalue weighted by Crippen LogP contribution is 2.69. The Labute approximate surface area is 214 Å². The smallest absolute Gasteiger partial charge is 0.310 e. The van der Waals surface area contributed by atoms with Crippen LogP contribution in [-0.2, 0) is 19.1 Å². The lowest BCUT2D eigenvalue weighted by Crippen LogP contribution is -2.59. The Balaban J connectivity index is 1.96. The molecule has 3 aliphatic heterocycles. The molecule has 0 aromatic heterocycles. The lowest BCUT2D eigenvalue weighted by Gasteiger charge is -2.41. The Kier molecular flexibility index (Phi) is 9.49. The molecule has 7 atom stereocenters. The second-order valence-corrected chi connectivity index (χ2v) is 11.8. The van der Waals surface area contributed by atoms with Crippen LogP contribution in [-0.4, -0.2) is 81.1 Å². The standard InChI is InChI=1S/C27H42N2O5S/c1-6-9-11-14-28(13-8-3)25(32)23-27-18(4)16-20(35-27)21(26(33)34-15-12-10-7-2)22(27)24(31)29(23)19(5)17-30/h7-8,18-23,30H,2-3,6,9-17H2,1,4-5H3/t18?,19-,20+,21-,22+,23?,27?/m1/s1. The maximum atomic E-state index is 14.2. The van der Waals surface area contributed by atoms with E-state index in [1.165, 1.54) is 0 Å². The van der Waals surface area contributed by atoms with Gasteiger partial charge in [-0.15, -0.1) is 24.9 Å². The summed E-state index contributed by atoms with van der Waals surface area (Å²) in [6, 6.07) is -1.24. The predicted octanol–water partition coefficient (Wildman–Crippen LogP) is 3.42. The predicted molar refractivity (Wildman–Crippen MR) is 139 cm³/mol. The summed E-state index contributed by atoms with van der Waals surface area (Å²) in [7, 11) is 0. The van der Waals surface area contributed by atoms with E-state index < -0.39 is 28.7 Å². The third kappa shape index (κ3) is 4.93. The lowest BCUT2D eigenvalue weighted by atomic mass is 9.66. The van der Waals surface area contributed by atoms with Gasteiger partial charge in [0.25, 0.3) is 0 Å². The molecule has 3 rings (SSSR count). The second kappa shape index (κ2) is 12.0. The minimum Gasteiger partial charge on any atom is -0.465 e. The number of fused-ring (bicyclic) bond motifs is 1. The molecule has 8 heteroatoms. The highest BCUT2D eigenvalue weighted by molar-refractivity contribution is 8.02. The average molecular weight is 507 g/mol. The molecule has 7 nitrogen and oxygen atoms in total. The molecule has 1 spiro atoms. The molecule has 0 radical (unpaired) electrons. The Morgan fingerprint density at radius 1 is 1.31 bits per heavy atom. The van der Waals surface area contributed by atoms with Gasteiger partial charge in [0, 0.05) is 18.3 Å². The molecule has 0 saturated carbocycles. The van der Waals surface area contributed by atoms with E-state index in [4.69, 9.17) is 4.74 Å². The van der Waals surface area contributed by atoms with E-state index in [9.17, 15) is 19.5 Å². The van der Waals surface area contributed by atoms with Crippen LogP contribution in [0.4, 0.5) is 0 Å². The molecule has 3 aliphatic rings. The summed E-state index contributed by atoms with van der Waals surface area (Å²) in [5, 5.41) is 9.98. The fourth-order valence-electron chi connectivity index (χ4n) is 6.24. The van der Waals surface area contributed by atoms with Gasteiger partial charge in [0.2, 0.25) is 11.8 Å².